The van der Waals surface area contributed by atoms with E-state index in [1.807, 2.05) is 0 Å². The Labute approximate surface area is 85.6 Å². The van der Waals surface area contributed by atoms with Crippen molar-refractivity contribution < 1.29 is 25.9 Å². The zero-order chi connectivity index (χ0) is 9.00. The number of hydrogen-bond acceptors (Lipinski definition) is 6. The molecule has 0 aromatic heterocycles. The molecule has 0 N–H and O–H groups in total. The van der Waals surface area contributed by atoms with Crippen LogP contribution in [-0.4, -0.2) is 65.8 Å². The van der Waals surface area contributed by atoms with E-state index in [2.05, 4.69) is 0 Å². The summed E-state index contributed by atoms with van der Waals surface area (Å²) in [6.07, 6.45) is 1.21. The molecule has 0 amide bonds. The zero-order valence-corrected chi connectivity index (χ0v) is 13.1. The molecule has 0 unspecified atom stereocenters. The Hall–Kier alpha value is 0.742. The zero-order valence-electron chi connectivity index (χ0n) is 5.97. The monoisotopic (exact) mass is 400 g/mol. The van der Waals surface area contributed by atoms with Gasteiger partial charge in [0.15, 0.2) is 0 Å². The average Bonchev–Trinajstić information content (AvgIpc) is 1.12. The van der Waals surface area contributed by atoms with E-state index in [0.29, 0.717) is 12.5 Å². The van der Waals surface area contributed by atoms with Crippen molar-refractivity contribution in [3.05, 3.63) is 0 Å². The molecule has 68 valence electrons. The van der Waals surface area contributed by atoms with Crippen LogP contribution in [0, 0.1) is 0 Å². The third-order valence-electron chi connectivity index (χ3n) is 0. The second kappa shape index (κ2) is 6.28. The van der Waals surface area contributed by atoms with Crippen LogP contribution in [0.2, 0.25) is 0 Å². The van der Waals surface area contributed by atoms with Crippen LogP contribution in [0.25, 0.3) is 0 Å². The van der Waals surface area contributed by atoms with Crippen LogP contribution in [0.3, 0.4) is 0 Å². The SMILES string of the molecule is CS(=O)(=O)[O-].CS(=O)(=O)[O-].[PbH2+2]. The van der Waals surface area contributed by atoms with Crippen molar-refractivity contribution in [1.29, 1.82) is 0 Å². The van der Waals surface area contributed by atoms with Gasteiger partial charge in [-0.05, 0) is 0 Å². The van der Waals surface area contributed by atoms with Crippen LogP contribution in [0.5, 0.6) is 0 Å². The summed E-state index contributed by atoms with van der Waals surface area (Å²) in [5.74, 6) is 0. The van der Waals surface area contributed by atoms with Crippen molar-refractivity contribution in [3.8, 4) is 0 Å². The molecule has 9 heteroatoms. The van der Waals surface area contributed by atoms with Gasteiger partial charge in [0.2, 0.25) is 0 Å². The molecule has 0 fully saturated rings. The van der Waals surface area contributed by atoms with Gasteiger partial charge in [0, 0.05) is 12.5 Å². The molecule has 0 saturated carbocycles. The predicted molar refractivity (Wildman–Crippen MR) is 39.8 cm³/mol. The first-order valence-corrected chi connectivity index (χ1v) is 5.45. The van der Waals surface area contributed by atoms with Gasteiger partial charge < -0.3 is 9.11 Å². The van der Waals surface area contributed by atoms with E-state index in [4.69, 9.17) is 25.9 Å². The molecule has 0 atom stereocenters. The quantitative estimate of drug-likeness (QED) is 0.326. The average molecular weight is 399 g/mol. The Morgan fingerprint density at radius 2 is 0.818 bits per heavy atom. The van der Waals surface area contributed by atoms with Crippen LogP contribution in [-0.2, 0) is 20.2 Å². The molecule has 0 aliphatic heterocycles. The molecule has 6 nitrogen and oxygen atoms in total. The molecule has 0 aromatic carbocycles. The third kappa shape index (κ3) is 1490. The molecule has 0 aliphatic carbocycles. The van der Waals surface area contributed by atoms with Crippen LogP contribution in [0.4, 0.5) is 0 Å². The van der Waals surface area contributed by atoms with E-state index < -0.39 is 20.2 Å². The van der Waals surface area contributed by atoms with Crippen LogP contribution in [0.15, 0.2) is 0 Å². The van der Waals surface area contributed by atoms with Crippen molar-refractivity contribution in [2.75, 3.05) is 12.5 Å². The molecular formula is C2H8O6PbS2. The van der Waals surface area contributed by atoms with Gasteiger partial charge in [-0.15, -0.1) is 0 Å². The maximum absolute atomic E-state index is 9.08. The van der Waals surface area contributed by atoms with Gasteiger partial charge in [-0.2, -0.15) is 0 Å². The van der Waals surface area contributed by atoms with Crippen molar-refractivity contribution in [2.24, 2.45) is 0 Å². The molecule has 0 aliphatic rings. The van der Waals surface area contributed by atoms with Gasteiger partial charge in [-0.3, -0.25) is 0 Å². The van der Waals surface area contributed by atoms with Gasteiger partial charge in [0.25, 0.3) is 0 Å². The van der Waals surface area contributed by atoms with Crippen molar-refractivity contribution >= 4 is 47.5 Å². The maximum atomic E-state index is 9.08. The summed E-state index contributed by atoms with van der Waals surface area (Å²) >= 11 is 0. The van der Waals surface area contributed by atoms with E-state index in [0.717, 1.165) is 0 Å². The Bertz CT molecular complexity index is 215. The topological polar surface area (TPSA) is 114 Å². The molecule has 0 saturated heterocycles. The fourth-order valence-corrected chi connectivity index (χ4v) is 0. The molecular weight excluding hydrogens is 391 g/mol. The minimum atomic E-state index is -3.92. The van der Waals surface area contributed by atoms with Gasteiger partial charge >= 0.3 is 27.3 Å². The van der Waals surface area contributed by atoms with Gasteiger partial charge in [0.1, 0.15) is 0 Å². The van der Waals surface area contributed by atoms with Crippen LogP contribution >= 0.6 is 0 Å². The van der Waals surface area contributed by atoms with Crippen molar-refractivity contribution in [1.82, 2.24) is 0 Å². The van der Waals surface area contributed by atoms with E-state index in [9.17, 15) is 0 Å². The number of hydrogen-bond donors (Lipinski definition) is 0. The molecule has 0 rings (SSSR count). The first kappa shape index (κ1) is 17.7. The summed E-state index contributed by atoms with van der Waals surface area (Å²) in [5, 5.41) is 0. The molecule has 0 bridgehead atoms. The van der Waals surface area contributed by atoms with E-state index in [-0.39, 0.29) is 27.3 Å². The summed E-state index contributed by atoms with van der Waals surface area (Å²) in [7, 11) is -7.83. The first-order chi connectivity index (χ1) is 4.00. The molecule has 11 heavy (non-hydrogen) atoms. The fraction of sp³-hybridized carbons (Fsp3) is 1.00. The molecule has 0 aromatic rings. The Balaban J connectivity index is -0.000000107. The second-order valence-electron chi connectivity index (χ2n) is 1.41. The summed E-state index contributed by atoms with van der Waals surface area (Å²) < 4.78 is 54.5. The minimum absolute atomic E-state index is 0. The molecule has 0 spiro atoms. The fourth-order valence-electron chi connectivity index (χ4n) is 0. The number of rotatable bonds is 0. The van der Waals surface area contributed by atoms with E-state index >= 15 is 0 Å². The Morgan fingerprint density at radius 1 is 0.818 bits per heavy atom. The van der Waals surface area contributed by atoms with Crippen LogP contribution < -0.4 is 0 Å². The van der Waals surface area contributed by atoms with Crippen LogP contribution in [0.1, 0.15) is 0 Å². The second-order valence-corrected chi connectivity index (χ2v) is 4.22. The standard InChI is InChI=1S/2CH4O3S.Pb.2H/c2*1-5(2,3)4;;;/h2*1H3,(H,2,3,4);;;/q;;+2;;/p-2. The van der Waals surface area contributed by atoms with E-state index in [1.165, 1.54) is 0 Å². The summed E-state index contributed by atoms with van der Waals surface area (Å²) in [6, 6.07) is 0. The molecule has 0 radical (unpaired) electrons. The van der Waals surface area contributed by atoms with Gasteiger partial charge in [-0.1, -0.05) is 0 Å². The molecule has 0 heterocycles. The Morgan fingerprint density at radius 3 is 0.818 bits per heavy atom. The predicted octanol–water partition coefficient (Wildman–Crippen LogP) is -2.59. The Kier molecular flexibility index (Phi) is 10.1. The van der Waals surface area contributed by atoms with E-state index in [1.54, 1.807) is 0 Å². The van der Waals surface area contributed by atoms with Crippen molar-refractivity contribution in [2.45, 2.75) is 0 Å². The van der Waals surface area contributed by atoms with Crippen molar-refractivity contribution in [3.63, 3.8) is 0 Å². The summed E-state index contributed by atoms with van der Waals surface area (Å²) in [6.45, 7) is 0. The van der Waals surface area contributed by atoms with Gasteiger partial charge in [0.05, 0.1) is 20.2 Å². The normalized spacial score (nSPS) is 10.5. The summed E-state index contributed by atoms with van der Waals surface area (Å²) in [5.41, 5.74) is 0. The first-order valence-electron chi connectivity index (χ1n) is 1.82. The summed E-state index contributed by atoms with van der Waals surface area (Å²) in [4.78, 5) is 0. The third-order valence-corrected chi connectivity index (χ3v) is 0. The van der Waals surface area contributed by atoms with Gasteiger partial charge in [-0.25, -0.2) is 16.8 Å².